The predicted molar refractivity (Wildman–Crippen MR) is 109 cm³/mol. The van der Waals surface area contributed by atoms with Crippen molar-refractivity contribution in [2.45, 2.75) is 26.8 Å². The normalized spacial score (nSPS) is 18.5. The number of aromatic nitrogens is 1. The van der Waals surface area contributed by atoms with Crippen molar-refractivity contribution in [1.29, 1.82) is 0 Å². The molecular weight excluding hydrogens is 378 g/mol. The lowest BCUT2D eigenvalue weighted by atomic mass is 10.2. The lowest BCUT2D eigenvalue weighted by Gasteiger charge is -2.25. The zero-order chi connectivity index (χ0) is 20.3. The first-order valence-electron chi connectivity index (χ1n) is 9.32. The van der Waals surface area contributed by atoms with Crippen LogP contribution in [0.5, 0.6) is 0 Å². The standard InChI is InChI=1S/C20H25N3O4S/c1-3-28(26,27)22-18-10-16(20(24)25)11-19(21-18)23(13-17-9-14(17)2)12-15-7-5-4-6-8-15/h4-8,10-11,14,17H,3,9,12-13H2,1-2H3,(H,21,22)(H,24,25). The van der Waals surface area contributed by atoms with Crippen LogP contribution in [-0.4, -0.2) is 36.8 Å². The van der Waals surface area contributed by atoms with Crippen molar-refractivity contribution >= 4 is 27.6 Å². The van der Waals surface area contributed by atoms with Crippen LogP contribution in [0.15, 0.2) is 42.5 Å². The van der Waals surface area contributed by atoms with E-state index in [1.165, 1.54) is 19.1 Å². The number of hydrogen-bond acceptors (Lipinski definition) is 5. The van der Waals surface area contributed by atoms with Crippen LogP contribution >= 0.6 is 0 Å². The zero-order valence-corrected chi connectivity index (χ0v) is 16.8. The summed E-state index contributed by atoms with van der Waals surface area (Å²) in [6.45, 7) is 5.01. The molecule has 1 aliphatic carbocycles. The van der Waals surface area contributed by atoms with Gasteiger partial charge in [0.15, 0.2) is 0 Å². The molecule has 1 aromatic heterocycles. The van der Waals surface area contributed by atoms with Crippen molar-refractivity contribution in [3.8, 4) is 0 Å². The maximum Gasteiger partial charge on any atom is 0.335 e. The molecule has 0 aliphatic heterocycles. The number of nitrogens with one attached hydrogen (secondary N) is 1. The van der Waals surface area contributed by atoms with Gasteiger partial charge in [0.2, 0.25) is 10.0 Å². The van der Waals surface area contributed by atoms with Crippen LogP contribution in [0.4, 0.5) is 11.6 Å². The highest BCUT2D eigenvalue weighted by atomic mass is 32.2. The van der Waals surface area contributed by atoms with Gasteiger partial charge in [-0.25, -0.2) is 18.2 Å². The second-order valence-electron chi connectivity index (χ2n) is 7.25. The largest absolute Gasteiger partial charge is 0.478 e. The van der Waals surface area contributed by atoms with Crippen LogP contribution in [0.2, 0.25) is 0 Å². The molecule has 2 atom stereocenters. The minimum absolute atomic E-state index is 0.000658. The zero-order valence-electron chi connectivity index (χ0n) is 16.0. The molecule has 1 aromatic carbocycles. The molecule has 150 valence electrons. The van der Waals surface area contributed by atoms with Crippen molar-refractivity contribution in [1.82, 2.24) is 4.98 Å². The average molecular weight is 404 g/mol. The number of anilines is 2. The highest BCUT2D eigenvalue weighted by Crippen LogP contribution is 2.39. The molecule has 0 radical (unpaired) electrons. The number of nitrogens with zero attached hydrogens (tertiary/aromatic N) is 2. The Morgan fingerprint density at radius 2 is 1.96 bits per heavy atom. The van der Waals surface area contributed by atoms with Crippen LogP contribution < -0.4 is 9.62 Å². The fourth-order valence-electron chi connectivity index (χ4n) is 3.06. The quantitative estimate of drug-likeness (QED) is 0.667. The molecule has 1 heterocycles. The molecule has 7 nitrogen and oxygen atoms in total. The van der Waals surface area contributed by atoms with E-state index in [-0.39, 0.29) is 17.1 Å². The van der Waals surface area contributed by atoms with E-state index in [1.54, 1.807) is 0 Å². The molecule has 2 aromatic rings. The van der Waals surface area contributed by atoms with E-state index in [0.717, 1.165) is 18.5 Å². The Hall–Kier alpha value is -2.61. The molecule has 0 amide bonds. The smallest absolute Gasteiger partial charge is 0.335 e. The first-order chi connectivity index (χ1) is 13.3. The first kappa shape index (κ1) is 20.1. The Morgan fingerprint density at radius 1 is 1.29 bits per heavy atom. The molecular formula is C20H25N3O4S. The van der Waals surface area contributed by atoms with Crippen LogP contribution in [0.3, 0.4) is 0 Å². The molecule has 0 spiro atoms. The second kappa shape index (κ2) is 8.18. The molecule has 0 saturated heterocycles. The third-order valence-electron chi connectivity index (χ3n) is 4.97. The van der Waals surface area contributed by atoms with E-state index in [4.69, 9.17) is 0 Å². The number of benzene rings is 1. The van der Waals surface area contributed by atoms with Gasteiger partial charge in [-0.1, -0.05) is 37.3 Å². The van der Waals surface area contributed by atoms with Crippen LogP contribution in [0, 0.1) is 11.8 Å². The van der Waals surface area contributed by atoms with Gasteiger partial charge in [0.25, 0.3) is 0 Å². The summed E-state index contributed by atoms with van der Waals surface area (Å²) in [7, 11) is -3.56. The lowest BCUT2D eigenvalue weighted by Crippen LogP contribution is -2.27. The minimum Gasteiger partial charge on any atom is -0.478 e. The Bertz CT molecular complexity index is 947. The molecule has 1 saturated carbocycles. The van der Waals surface area contributed by atoms with Crippen molar-refractivity contribution in [3.05, 3.63) is 53.6 Å². The fraction of sp³-hybridized carbons (Fsp3) is 0.400. The number of carbonyl (C=O) groups is 1. The van der Waals surface area contributed by atoms with Crippen LogP contribution in [-0.2, 0) is 16.6 Å². The highest BCUT2D eigenvalue weighted by molar-refractivity contribution is 7.92. The Morgan fingerprint density at radius 3 is 2.54 bits per heavy atom. The summed E-state index contributed by atoms with van der Waals surface area (Å²) in [5, 5.41) is 9.47. The molecule has 2 unspecified atom stereocenters. The van der Waals surface area contributed by atoms with Crippen molar-refractivity contribution in [3.63, 3.8) is 0 Å². The van der Waals surface area contributed by atoms with Gasteiger partial charge < -0.3 is 10.0 Å². The third-order valence-corrected chi connectivity index (χ3v) is 6.25. The summed E-state index contributed by atoms with van der Waals surface area (Å²) in [4.78, 5) is 18.0. The van der Waals surface area contributed by atoms with Gasteiger partial charge in [-0.15, -0.1) is 0 Å². The number of hydrogen-bond donors (Lipinski definition) is 2. The lowest BCUT2D eigenvalue weighted by molar-refractivity contribution is 0.0697. The van der Waals surface area contributed by atoms with Crippen LogP contribution in [0.25, 0.3) is 0 Å². The van der Waals surface area contributed by atoms with Gasteiger partial charge in [0.1, 0.15) is 11.6 Å². The number of carboxylic acids is 1. The molecule has 3 rings (SSSR count). The van der Waals surface area contributed by atoms with E-state index >= 15 is 0 Å². The first-order valence-corrected chi connectivity index (χ1v) is 11.0. The van der Waals surface area contributed by atoms with Crippen molar-refractivity contribution in [2.24, 2.45) is 11.8 Å². The topological polar surface area (TPSA) is 99.6 Å². The minimum atomic E-state index is -3.56. The van der Waals surface area contributed by atoms with E-state index < -0.39 is 16.0 Å². The number of aromatic carboxylic acids is 1. The van der Waals surface area contributed by atoms with Crippen molar-refractivity contribution < 1.29 is 18.3 Å². The maximum atomic E-state index is 11.9. The SMILES string of the molecule is CCS(=O)(=O)Nc1cc(C(=O)O)cc(N(Cc2ccccc2)CC2CC2C)n1. The molecule has 1 fully saturated rings. The second-order valence-corrected chi connectivity index (χ2v) is 9.26. The summed E-state index contributed by atoms with van der Waals surface area (Å²) >= 11 is 0. The fourth-order valence-corrected chi connectivity index (χ4v) is 3.63. The van der Waals surface area contributed by atoms with E-state index in [9.17, 15) is 18.3 Å². The van der Waals surface area contributed by atoms with Gasteiger partial charge in [0.05, 0.1) is 11.3 Å². The number of carboxylic acid groups (broad SMARTS) is 1. The highest BCUT2D eigenvalue weighted by Gasteiger charge is 2.34. The van der Waals surface area contributed by atoms with Gasteiger partial charge >= 0.3 is 5.97 Å². The molecule has 1 aliphatic rings. The monoisotopic (exact) mass is 403 g/mol. The van der Waals surface area contributed by atoms with E-state index in [2.05, 4.69) is 16.6 Å². The summed E-state index contributed by atoms with van der Waals surface area (Å²) in [5.41, 5.74) is 1.08. The van der Waals surface area contributed by atoms with E-state index in [1.807, 2.05) is 35.2 Å². The molecule has 2 N–H and O–H groups in total. The Labute approximate surface area is 165 Å². The molecule has 28 heavy (non-hydrogen) atoms. The summed E-state index contributed by atoms with van der Waals surface area (Å²) in [5.74, 6) is 0.387. The number of pyridine rings is 1. The maximum absolute atomic E-state index is 11.9. The predicted octanol–water partition coefficient (Wildman–Crippen LogP) is 3.20. The van der Waals surface area contributed by atoms with Crippen molar-refractivity contribution in [2.75, 3.05) is 21.9 Å². The van der Waals surface area contributed by atoms with Gasteiger partial charge in [0, 0.05) is 13.1 Å². The third kappa shape index (κ3) is 5.22. The summed E-state index contributed by atoms with van der Waals surface area (Å²) in [6.07, 6.45) is 1.12. The summed E-state index contributed by atoms with van der Waals surface area (Å²) < 4.78 is 26.3. The number of rotatable bonds is 9. The van der Waals surface area contributed by atoms with Gasteiger partial charge in [-0.2, -0.15) is 0 Å². The van der Waals surface area contributed by atoms with Gasteiger partial charge in [-0.05, 0) is 42.9 Å². The Balaban J connectivity index is 1.96. The number of sulfonamides is 1. The van der Waals surface area contributed by atoms with Crippen LogP contribution in [0.1, 0.15) is 36.2 Å². The molecule has 8 heteroatoms. The average Bonchev–Trinajstić information content (AvgIpc) is 3.36. The summed E-state index contributed by atoms with van der Waals surface area (Å²) in [6, 6.07) is 12.6. The van der Waals surface area contributed by atoms with E-state index in [0.29, 0.717) is 24.2 Å². The Kier molecular flexibility index (Phi) is 5.88. The molecule has 0 bridgehead atoms. The van der Waals surface area contributed by atoms with Gasteiger partial charge in [-0.3, -0.25) is 4.72 Å².